The molecule has 0 radical (unpaired) electrons. The summed E-state index contributed by atoms with van der Waals surface area (Å²) in [5.74, 6) is 5.98. The first-order valence-electron chi connectivity index (χ1n) is 7.40. The Morgan fingerprint density at radius 3 is 2.46 bits per heavy atom. The molecule has 0 saturated carbocycles. The van der Waals surface area contributed by atoms with E-state index in [0.717, 1.165) is 5.39 Å². The van der Waals surface area contributed by atoms with E-state index in [9.17, 15) is 9.90 Å². The zero-order valence-corrected chi connectivity index (χ0v) is 12.6. The summed E-state index contributed by atoms with van der Waals surface area (Å²) in [6.45, 7) is 0. The molecular weight excluding hydrogens is 304 g/mol. The largest absolute Gasteiger partial charge is 0.507 e. The van der Waals surface area contributed by atoms with E-state index in [1.54, 1.807) is 48.5 Å². The van der Waals surface area contributed by atoms with Gasteiger partial charge in [0, 0.05) is 10.8 Å². The molecule has 6 nitrogen and oxygen atoms in total. The maximum absolute atomic E-state index is 13.0. The van der Waals surface area contributed by atoms with Gasteiger partial charge in [-0.1, -0.05) is 36.4 Å². The summed E-state index contributed by atoms with van der Waals surface area (Å²) in [4.78, 5) is 17.4. The van der Waals surface area contributed by atoms with E-state index in [1.165, 1.54) is 4.57 Å². The van der Waals surface area contributed by atoms with Crippen LogP contribution in [0.25, 0.3) is 27.4 Å². The number of nitrogens with zero attached hydrogens (tertiary/aromatic N) is 2. The highest BCUT2D eigenvalue weighted by molar-refractivity contribution is 5.95. The Kier molecular flexibility index (Phi) is 3.18. The van der Waals surface area contributed by atoms with Gasteiger partial charge in [-0.2, -0.15) is 0 Å². The van der Waals surface area contributed by atoms with Gasteiger partial charge in [0.25, 0.3) is 5.56 Å². The number of nitrogens with two attached hydrogens (primary N) is 1. The van der Waals surface area contributed by atoms with Crippen LogP contribution in [-0.2, 0) is 0 Å². The van der Waals surface area contributed by atoms with E-state index < -0.39 is 0 Å². The second-order valence-electron chi connectivity index (χ2n) is 5.39. The van der Waals surface area contributed by atoms with Crippen molar-refractivity contribution in [2.24, 2.45) is 5.84 Å². The zero-order chi connectivity index (χ0) is 16.7. The highest BCUT2D eigenvalue weighted by Crippen LogP contribution is 2.29. The Labute approximate surface area is 136 Å². The van der Waals surface area contributed by atoms with Crippen LogP contribution in [-0.4, -0.2) is 14.7 Å². The van der Waals surface area contributed by atoms with Gasteiger partial charge in [-0.3, -0.25) is 10.2 Å². The van der Waals surface area contributed by atoms with E-state index in [4.69, 9.17) is 5.84 Å². The lowest BCUT2D eigenvalue weighted by atomic mass is 10.1. The van der Waals surface area contributed by atoms with Gasteiger partial charge >= 0.3 is 0 Å². The van der Waals surface area contributed by atoms with Crippen LogP contribution in [0.15, 0.2) is 65.5 Å². The van der Waals surface area contributed by atoms with Crippen LogP contribution in [0.2, 0.25) is 0 Å². The van der Waals surface area contributed by atoms with Gasteiger partial charge < -0.3 is 5.11 Å². The monoisotopic (exact) mass is 318 g/mol. The first-order valence-corrected chi connectivity index (χ1v) is 7.40. The van der Waals surface area contributed by atoms with Crippen molar-refractivity contribution in [2.75, 3.05) is 5.43 Å². The summed E-state index contributed by atoms with van der Waals surface area (Å²) in [7, 11) is 0. The van der Waals surface area contributed by atoms with Crippen LogP contribution in [0.1, 0.15) is 0 Å². The summed E-state index contributed by atoms with van der Waals surface area (Å²) in [5.41, 5.74) is 3.43. The minimum Gasteiger partial charge on any atom is -0.507 e. The average molecular weight is 318 g/mol. The molecule has 4 rings (SSSR count). The van der Waals surface area contributed by atoms with Gasteiger partial charge in [-0.25, -0.2) is 15.4 Å². The van der Waals surface area contributed by atoms with E-state index in [0.29, 0.717) is 22.0 Å². The maximum atomic E-state index is 13.0. The number of phenols is 1. The first kappa shape index (κ1) is 14.2. The number of hydrogen-bond donors (Lipinski definition) is 3. The number of anilines is 1. The Balaban J connectivity index is 2.16. The Morgan fingerprint density at radius 1 is 0.917 bits per heavy atom. The fourth-order valence-corrected chi connectivity index (χ4v) is 2.92. The number of aromatic nitrogens is 2. The molecule has 3 aromatic carbocycles. The Morgan fingerprint density at radius 2 is 1.62 bits per heavy atom. The molecule has 0 saturated heterocycles. The number of benzene rings is 3. The van der Waals surface area contributed by atoms with Crippen LogP contribution in [0.3, 0.4) is 0 Å². The average Bonchev–Trinajstić information content (AvgIpc) is 2.62. The number of rotatable bonds is 2. The van der Waals surface area contributed by atoms with Crippen molar-refractivity contribution in [2.45, 2.75) is 0 Å². The molecule has 0 aliphatic carbocycles. The summed E-state index contributed by atoms with van der Waals surface area (Å²) in [6.07, 6.45) is 0. The summed E-state index contributed by atoms with van der Waals surface area (Å²) >= 11 is 0. The normalized spacial score (nSPS) is 11.0. The van der Waals surface area contributed by atoms with Crippen LogP contribution in [0.5, 0.6) is 5.75 Å². The highest BCUT2D eigenvalue weighted by Gasteiger charge is 2.14. The quantitative estimate of drug-likeness (QED) is 0.390. The minimum absolute atomic E-state index is 0.151. The summed E-state index contributed by atoms with van der Waals surface area (Å²) in [5, 5.41) is 11.9. The molecule has 4 N–H and O–H groups in total. The second-order valence-corrected chi connectivity index (χ2v) is 5.39. The number of phenolic OH excluding ortho intramolecular Hbond substituents is 1. The standard InChI is InChI=1S/C18H14N4O2/c19-21-18-20-14-8-2-1-5-13(14)17(24)22(18)15-9-3-7-12-11(15)6-4-10-16(12)23/h1-10,23H,19H2,(H,20,21). The predicted molar refractivity (Wildman–Crippen MR) is 94.3 cm³/mol. The molecular formula is C18H14N4O2. The zero-order valence-electron chi connectivity index (χ0n) is 12.6. The third kappa shape index (κ3) is 2.01. The van der Waals surface area contributed by atoms with E-state index in [1.807, 2.05) is 12.1 Å². The number of nitrogen functional groups attached to an aromatic ring is 1. The predicted octanol–water partition coefficient (Wildman–Crippen LogP) is 2.53. The Bertz CT molecular complexity index is 1130. The van der Waals surface area contributed by atoms with Crippen molar-refractivity contribution in [1.82, 2.24) is 9.55 Å². The lowest BCUT2D eigenvalue weighted by Crippen LogP contribution is -2.26. The molecule has 0 unspecified atom stereocenters. The number of fused-ring (bicyclic) bond motifs is 2. The van der Waals surface area contributed by atoms with E-state index in [2.05, 4.69) is 10.4 Å². The second kappa shape index (κ2) is 5.36. The van der Waals surface area contributed by atoms with Gasteiger partial charge in [-0.15, -0.1) is 0 Å². The molecule has 0 aliphatic rings. The fraction of sp³-hybridized carbons (Fsp3) is 0. The van der Waals surface area contributed by atoms with Crippen LogP contribution in [0, 0.1) is 0 Å². The molecule has 0 bridgehead atoms. The Hall–Kier alpha value is -3.38. The molecule has 0 fully saturated rings. The van der Waals surface area contributed by atoms with Crippen molar-refractivity contribution >= 4 is 27.6 Å². The molecule has 0 spiro atoms. The number of hydrogen-bond acceptors (Lipinski definition) is 5. The number of para-hydroxylation sites is 1. The minimum atomic E-state index is -0.232. The van der Waals surface area contributed by atoms with Crippen LogP contribution >= 0.6 is 0 Å². The molecule has 1 heterocycles. The maximum Gasteiger partial charge on any atom is 0.267 e. The third-order valence-corrected chi connectivity index (χ3v) is 4.02. The van der Waals surface area contributed by atoms with Crippen molar-refractivity contribution in [3.05, 3.63) is 71.0 Å². The molecule has 6 heteroatoms. The molecule has 0 aliphatic heterocycles. The van der Waals surface area contributed by atoms with Gasteiger partial charge in [0.05, 0.1) is 16.6 Å². The van der Waals surface area contributed by atoms with Gasteiger partial charge in [0.1, 0.15) is 5.75 Å². The lowest BCUT2D eigenvalue weighted by Gasteiger charge is -2.15. The molecule has 1 aromatic heterocycles. The number of nitrogens with one attached hydrogen (secondary N) is 1. The molecule has 4 aromatic rings. The summed E-state index contributed by atoms with van der Waals surface area (Å²) in [6, 6.07) is 17.6. The van der Waals surface area contributed by atoms with Crippen molar-refractivity contribution < 1.29 is 5.11 Å². The van der Waals surface area contributed by atoms with Gasteiger partial charge in [-0.05, 0) is 24.3 Å². The van der Waals surface area contributed by atoms with Crippen molar-refractivity contribution in [1.29, 1.82) is 0 Å². The molecule has 0 atom stereocenters. The lowest BCUT2D eigenvalue weighted by molar-refractivity contribution is 0.481. The van der Waals surface area contributed by atoms with E-state index >= 15 is 0 Å². The first-order chi connectivity index (χ1) is 11.7. The third-order valence-electron chi connectivity index (χ3n) is 4.02. The van der Waals surface area contributed by atoms with Crippen molar-refractivity contribution in [3.63, 3.8) is 0 Å². The SMILES string of the molecule is NNc1nc2ccccc2c(=O)n1-c1cccc2c(O)cccc12. The summed E-state index contributed by atoms with van der Waals surface area (Å²) < 4.78 is 1.42. The number of hydrazine groups is 1. The highest BCUT2D eigenvalue weighted by atomic mass is 16.3. The number of aromatic hydroxyl groups is 1. The smallest absolute Gasteiger partial charge is 0.267 e. The van der Waals surface area contributed by atoms with Crippen LogP contribution < -0.4 is 16.8 Å². The van der Waals surface area contributed by atoms with E-state index in [-0.39, 0.29) is 17.3 Å². The van der Waals surface area contributed by atoms with Crippen molar-refractivity contribution in [3.8, 4) is 11.4 Å². The van der Waals surface area contributed by atoms with Gasteiger partial charge in [0.2, 0.25) is 5.95 Å². The molecule has 24 heavy (non-hydrogen) atoms. The fourth-order valence-electron chi connectivity index (χ4n) is 2.92. The van der Waals surface area contributed by atoms with Crippen LogP contribution in [0.4, 0.5) is 5.95 Å². The molecule has 118 valence electrons. The molecule has 0 amide bonds. The van der Waals surface area contributed by atoms with Gasteiger partial charge in [0.15, 0.2) is 0 Å². The topological polar surface area (TPSA) is 93.2 Å².